The van der Waals surface area contributed by atoms with Crippen molar-refractivity contribution in [3.05, 3.63) is 35.6 Å². The molecular weight excluding hydrogens is 233 g/mol. The lowest BCUT2D eigenvalue weighted by atomic mass is 9.93. The van der Waals surface area contributed by atoms with Crippen molar-refractivity contribution in [3.8, 4) is 0 Å². The Morgan fingerprint density at radius 3 is 2.56 bits per heavy atom. The molecule has 0 spiro atoms. The molecule has 0 aliphatic carbocycles. The van der Waals surface area contributed by atoms with E-state index in [2.05, 4.69) is 11.7 Å². The van der Waals surface area contributed by atoms with Crippen molar-refractivity contribution in [1.29, 1.82) is 0 Å². The van der Waals surface area contributed by atoms with Gasteiger partial charge < -0.3 is 10.5 Å². The highest BCUT2D eigenvalue weighted by Crippen LogP contribution is 2.15. The third kappa shape index (κ3) is 5.27. The van der Waals surface area contributed by atoms with E-state index in [0.29, 0.717) is 5.92 Å². The maximum atomic E-state index is 12.7. The zero-order valence-electron chi connectivity index (χ0n) is 10.9. The number of carbonyl (C=O) groups excluding carboxylic acids is 1. The molecule has 18 heavy (non-hydrogen) atoms. The maximum absolute atomic E-state index is 12.7. The van der Waals surface area contributed by atoms with Crippen LogP contribution in [0.4, 0.5) is 4.39 Å². The second kappa shape index (κ2) is 7.11. The average Bonchev–Trinajstić information content (AvgIpc) is 2.31. The summed E-state index contributed by atoms with van der Waals surface area (Å²) in [6.07, 6.45) is 1.81. The minimum Gasteiger partial charge on any atom is -0.469 e. The summed E-state index contributed by atoms with van der Waals surface area (Å²) in [7, 11) is 1.36. The molecule has 0 fully saturated rings. The fraction of sp³-hybridized carbons (Fsp3) is 0.500. The van der Waals surface area contributed by atoms with E-state index in [9.17, 15) is 9.18 Å². The van der Waals surface area contributed by atoms with Gasteiger partial charge in [-0.05, 0) is 36.5 Å². The van der Waals surface area contributed by atoms with Crippen molar-refractivity contribution in [1.82, 2.24) is 0 Å². The molecule has 1 rings (SSSR count). The summed E-state index contributed by atoms with van der Waals surface area (Å²) in [5, 5.41) is 0. The molecule has 100 valence electrons. The van der Waals surface area contributed by atoms with Gasteiger partial charge >= 0.3 is 5.97 Å². The Morgan fingerprint density at radius 2 is 2.00 bits per heavy atom. The number of hydrogen-bond donors (Lipinski definition) is 1. The summed E-state index contributed by atoms with van der Waals surface area (Å²) < 4.78 is 17.3. The van der Waals surface area contributed by atoms with Crippen molar-refractivity contribution in [2.24, 2.45) is 11.7 Å². The van der Waals surface area contributed by atoms with Gasteiger partial charge in [0.1, 0.15) is 5.82 Å². The second-order valence-corrected chi connectivity index (χ2v) is 4.71. The Bertz CT molecular complexity index is 378. The molecule has 0 aliphatic rings. The number of ether oxygens (including phenoxy) is 1. The van der Waals surface area contributed by atoms with Gasteiger partial charge in [-0.1, -0.05) is 19.1 Å². The van der Waals surface area contributed by atoms with E-state index in [1.54, 1.807) is 12.1 Å². The Morgan fingerprint density at radius 1 is 1.39 bits per heavy atom. The first-order valence-corrected chi connectivity index (χ1v) is 6.08. The minimum absolute atomic E-state index is 0.187. The summed E-state index contributed by atoms with van der Waals surface area (Å²) in [6, 6.07) is 6.27. The van der Waals surface area contributed by atoms with Crippen LogP contribution in [0.5, 0.6) is 0 Å². The Balaban J connectivity index is 2.39. The van der Waals surface area contributed by atoms with Gasteiger partial charge in [-0.2, -0.15) is 0 Å². The predicted octanol–water partition coefficient (Wildman–Crippen LogP) is 2.28. The van der Waals surface area contributed by atoms with E-state index in [1.807, 2.05) is 0 Å². The molecule has 0 aliphatic heterocycles. The molecule has 1 aromatic rings. The topological polar surface area (TPSA) is 52.3 Å². The van der Waals surface area contributed by atoms with Crippen LogP contribution in [0.1, 0.15) is 25.3 Å². The molecule has 0 radical (unpaired) electrons. The molecular formula is C14H20FNO2. The van der Waals surface area contributed by atoms with Gasteiger partial charge in [-0.25, -0.2) is 4.39 Å². The summed E-state index contributed by atoms with van der Waals surface area (Å²) in [6.45, 7) is 2.07. The van der Waals surface area contributed by atoms with Gasteiger partial charge in [0.15, 0.2) is 0 Å². The van der Waals surface area contributed by atoms with Crippen molar-refractivity contribution in [2.75, 3.05) is 7.11 Å². The van der Waals surface area contributed by atoms with Crippen LogP contribution in [-0.2, 0) is 16.0 Å². The fourth-order valence-electron chi connectivity index (χ4n) is 2.00. The predicted molar refractivity (Wildman–Crippen MR) is 68.5 cm³/mol. The normalized spacial score (nSPS) is 14.0. The largest absolute Gasteiger partial charge is 0.469 e. The first kappa shape index (κ1) is 14.6. The molecule has 2 atom stereocenters. The summed E-state index contributed by atoms with van der Waals surface area (Å²) in [5.74, 6) is -0.166. The van der Waals surface area contributed by atoms with Crippen molar-refractivity contribution >= 4 is 5.97 Å². The number of halogens is 1. The van der Waals surface area contributed by atoms with Gasteiger partial charge in [0.05, 0.1) is 13.5 Å². The Hall–Kier alpha value is -1.42. The minimum atomic E-state index is -0.281. The van der Waals surface area contributed by atoms with Crippen LogP contribution in [0.25, 0.3) is 0 Å². The second-order valence-electron chi connectivity index (χ2n) is 4.71. The van der Waals surface area contributed by atoms with E-state index in [0.717, 1.165) is 18.4 Å². The number of rotatable bonds is 6. The van der Waals surface area contributed by atoms with Crippen molar-refractivity contribution in [3.63, 3.8) is 0 Å². The van der Waals surface area contributed by atoms with Crippen LogP contribution < -0.4 is 5.73 Å². The van der Waals surface area contributed by atoms with Crippen molar-refractivity contribution < 1.29 is 13.9 Å². The number of nitrogens with two attached hydrogens (primary N) is 1. The summed E-state index contributed by atoms with van der Waals surface area (Å²) >= 11 is 0. The molecule has 3 nitrogen and oxygen atoms in total. The van der Waals surface area contributed by atoms with E-state index >= 15 is 0 Å². The number of methoxy groups -OCH3 is 1. The van der Waals surface area contributed by atoms with Gasteiger partial charge in [0.2, 0.25) is 0 Å². The molecule has 0 amide bonds. The molecule has 1 aromatic carbocycles. The highest BCUT2D eigenvalue weighted by molar-refractivity contribution is 5.69. The fourth-order valence-corrected chi connectivity index (χ4v) is 2.00. The molecule has 0 bridgehead atoms. The van der Waals surface area contributed by atoms with E-state index in [-0.39, 0.29) is 24.2 Å². The molecule has 0 aromatic heterocycles. The van der Waals surface area contributed by atoms with Crippen LogP contribution in [0.2, 0.25) is 0 Å². The van der Waals surface area contributed by atoms with Crippen LogP contribution in [0, 0.1) is 11.7 Å². The lowest BCUT2D eigenvalue weighted by Crippen LogP contribution is -2.27. The number of esters is 1. The zero-order valence-corrected chi connectivity index (χ0v) is 10.9. The lowest BCUT2D eigenvalue weighted by molar-refractivity contribution is -0.141. The molecule has 0 heterocycles. The number of benzene rings is 1. The van der Waals surface area contributed by atoms with Crippen LogP contribution >= 0.6 is 0 Å². The van der Waals surface area contributed by atoms with Crippen LogP contribution in [0.3, 0.4) is 0 Å². The highest BCUT2D eigenvalue weighted by Gasteiger charge is 2.13. The molecule has 4 heteroatoms. The Labute approximate surface area is 107 Å². The summed E-state index contributed by atoms with van der Waals surface area (Å²) in [5.41, 5.74) is 6.95. The van der Waals surface area contributed by atoms with Gasteiger partial charge in [0, 0.05) is 6.04 Å². The third-order valence-electron chi connectivity index (χ3n) is 2.86. The highest BCUT2D eigenvalue weighted by atomic mass is 19.1. The van der Waals surface area contributed by atoms with Gasteiger partial charge in [0.25, 0.3) is 0 Å². The Kier molecular flexibility index (Phi) is 5.78. The third-order valence-corrected chi connectivity index (χ3v) is 2.86. The molecule has 0 saturated heterocycles. The maximum Gasteiger partial charge on any atom is 0.307 e. The van der Waals surface area contributed by atoms with Gasteiger partial charge in [-0.3, -0.25) is 4.79 Å². The quantitative estimate of drug-likeness (QED) is 0.791. The molecule has 2 N–H and O–H groups in total. The smallest absolute Gasteiger partial charge is 0.307 e. The first-order valence-electron chi connectivity index (χ1n) is 6.08. The molecule has 0 saturated carbocycles. The monoisotopic (exact) mass is 253 g/mol. The number of hydrogen-bond acceptors (Lipinski definition) is 3. The van der Waals surface area contributed by atoms with Gasteiger partial charge in [-0.15, -0.1) is 0 Å². The van der Waals surface area contributed by atoms with E-state index in [4.69, 9.17) is 5.73 Å². The SMILES string of the molecule is COC(=O)CC(N)CC(C)Cc1ccc(F)cc1. The first-order chi connectivity index (χ1) is 8.51. The van der Waals surface area contributed by atoms with E-state index < -0.39 is 0 Å². The average molecular weight is 253 g/mol. The lowest BCUT2D eigenvalue weighted by Gasteiger charge is -2.16. The van der Waals surface area contributed by atoms with Crippen molar-refractivity contribution in [2.45, 2.75) is 32.2 Å². The van der Waals surface area contributed by atoms with E-state index in [1.165, 1.54) is 19.2 Å². The molecule has 2 unspecified atom stereocenters. The number of carbonyl (C=O) groups is 1. The zero-order chi connectivity index (χ0) is 13.5. The summed E-state index contributed by atoms with van der Waals surface area (Å²) in [4.78, 5) is 11.1. The standard InChI is InChI=1S/C14H20FNO2/c1-10(8-13(16)9-14(17)18-2)7-11-3-5-12(15)6-4-11/h3-6,10,13H,7-9,16H2,1-2H3. The van der Waals surface area contributed by atoms with Crippen LogP contribution in [-0.4, -0.2) is 19.1 Å². The van der Waals surface area contributed by atoms with Crippen LogP contribution in [0.15, 0.2) is 24.3 Å².